The number of anilines is 1. The highest BCUT2D eigenvalue weighted by molar-refractivity contribution is 7.99. The quantitative estimate of drug-likeness (QED) is 0.908. The van der Waals surface area contributed by atoms with Gasteiger partial charge in [0.25, 0.3) is 0 Å². The Labute approximate surface area is 114 Å². The maximum absolute atomic E-state index is 5.92. The number of nitrogens with one attached hydrogen (secondary N) is 1. The molecule has 8 heteroatoms. The summed E-state index contributed by atoms with van der Waals surface area (Å²) in [5.74, 6) is 0.592. The minimum absolute atomic E-state index is 0.195. The van der Waals surface area contributed by atoms with Crippen LogP contribution >= 0.6 is 23.4 Å². The van der Waals surface area contributed by atoms with E-state index in [1.807, 2.05) is 18.7 Å². The van der Waals surface area contributed by atoms with Gasteiger partial charge in [0.05, 0.1) is 0 Å². The largest absolute Gasteiger partial charge is 0.341 e. The smallest absolute Gasteiger partial charge is 0.230 e. The van der Waals surface area contributed by atoms with Gasteiger partial charge >= 0.3 is 0 Å². The maximum Gasteiger partial charge on any atom is 0.230 e. The third-order valence-electron chi connectivity index (χ3n) is 2.28. The average molecular weight is 285 g/mol. The Morgan fingerprint density at radius 3 is 2.67 bits per heavy atom. The molecule has 18 heavy (non-hydrogen) atoms. The van der Waals surface area contributed by atoms with E-state index in [9.17, 15) is 0 Å². The summed E-state index contributed by atoms with van der Waals surface area (Å²) in [5.41, 5.74) is 0. The predicted octanol–water partition coefficient (Wildman–Crippen LogP) is 2.25. The minimum Gasteiger partial charge on any atom is -0.341 e. The first-order valence-corrected chi connectivity index (χ1v) is 6.76. The third kappa shape index (κ3) is 3.11. The average Bonchev–Trinajstić information content (AvgIpc) is 2.83. The van der Waals surface area contributed by atoms with Crippen LogP contribution in [0, 0.1) is 0 Å². The van der Waals surface area contributed by atoms with Crippen LogP contribution in [0.15, 0.2) is 22.7 Å². The number of imidazole rings is 1. The highest BCUT2D eigenvalue weighted by Gasteiger charge is 2.11. The second-order valence-corrected chi connectivity index (χ2v) is 4.65. The molecule has 2 aromatic rings. The fourth-order valence-electron chi connectivity index (χ4n) is 1.41. The zero-order chi connectivity index (χ0) is 13.0. The molecule has 0 aliphatic rings. The van der Waals surface area contributed by atoms with Crippen molar-refractivity contribution >= 4 is 29.3 Å². The van der Waals surface area contributed by atoms with Crippen LogP contribution in [-0.2, 0) is 0 Å². The van der Waals surface area contributed by atoms with Gasteiger partial charge in [-0.1, -0.05) is 0 Å². The molecule has 0 spiro atoms. The van der Waals surface area contributed by atoms with E-state index < -0.39 is 0 Å². The van der Waals surface area contributed by atoms with Gasteiger partial charge in [-0.25, -0.2) is 4.98 Å². The lowest BCUT2D eigenvalue weighted by Crippen LogP contribution is -2.24. The van der Waals surface area contributed by atoms with Gasteiger partial charge < -0.3 is 9.88 Å². The van der Waals surface area contributed by atoms with Crippen molar-refractivity contribution in [1.29, 1.82) is 0 Å². The molecule has 0 radical (unpaired) electrons. The molecule has 6 nitrogen and oxygen atoms in total. The number of halogens is 1. The molecule has 2 heterocycles. The number of nitrogens with zero attached hydrogens (tertiary/aromatic N) is 5. The Bertz CT molecular complexity index is 499. The summed E-state index contributed by atoms with van der Waals surface area (Å²) in [6.45, 7) is 5.73. The number of hydrogen-bond acceptors (Lipinski definition) is 6. The zero-order valence-electron chi connectivity index (χ0n) is 10.1. The summed E-state index contributed by atoms with van der Waals surface area (Å²) in [5, 5.41) is 1.45. The first-order chi connectivity index (χ1) is 8.72. The van der Waals surface area contributed by atoms with Crippen LogP contribution in [0.25, 0.3) is 0 Å². The van der Waals surface area contributed by atoms with E-state index in [0.717, 1.165) is 18.2 Å². The lowest BCUT2D eigenvalue weighted by atomic mass is 10.5. The van der Waals surface area contributed by atoms with Gasteiger partial charge in [-0.3, -0.25) is 0 Å². The Morgan fingerprint density at radius 1 is 1.28 bits per heavy atom. The highest BCUT2D eigenvalue weighted by Crippen LogP contribution is 2.23. The van der Waals surface area contributed by atoms with E-state index in [1.165, 1.54) is 11.8 Å². The van der Waals surface area contributed by atoms with E-state index >= 15 is 0 Å². The molecule has 0 aliphatic heterocycles. The highest BCUT2D eigenvalue weighted by atomic mass is 35.5. The molecular weight excluding hydrogens is 272 g/mol. The van der Waals surface area contributed by atoms with Gasteiger partial charge in [0, 0.05) is 25.5 Å². The molecule has 0 atom stereocenters. The summed E-state index contributed by atoms with van der Waals surface area (Å²) < 4.78 is 0. The topological polar surface area (TPSA) is 70.6 Å². The van der Waals surface area contributed by atoms with Crippen LogP contribution in [0.2, 0.25) is 5.28 Å². The molecule has 0 aliphatic carbocycles. The Morgan fingerprint density at radius 2 is 2.06 bits per heavy atom. The van der Waals surface area contributed by atoms with Gasteiger partial charge in [0.1, 0.15) is 0 Å². The monoisotopic (exact) mass is 284 g/mol. The molecule has 0 amide bonds. The van der Waals surface area contributed by atoms with Crippen molar-refractivity contribution < 1.29 is 0 Å². The van der Waals surface area contributed by atoms with E-state index in [4.69, 9.17) is 11.6 Å². The van der Waals surface area contributed by atoms with Crippen molar-refractivity contribution in [3.05, 3.63) is 17.7 Å². The summed E-state index contributed by atoms with van der Waals surface area (Å²) in [7, 11) is 0. The SMILES string of the molecule is CCN(CC)c1nc(Cl)nc(Sc2ncc[nH]2)n1. The summed E-state index contributed by atoms with van der Waals surface area (Å²) >= 11 is 7.24. The van der Waals surface area contributed by atoms with Crippen molar-refractivity contribution in [2.75, 3.05) is 18.0 Å². The molecule has 0 unspecified atom stereocenters. The number of H-pyrrole nitrogens is 1. The van der Waals surface area contributed by atoms with E-state index in [1.54, 1.807) is 12.4 Å². The van der Waals surface area contributed by atoms with Crippen LogP contribution in [-0.4, -0.2) is 38.0 Å². The molecule has 0 saturated heterocycles. The molecule has 0 aromatic carbocycles. The van der Waals surface area contributed by atoms with E-state index in [-0.39, 0.29) is 5.28 Å². The Kier molecular flexibility index (Phi) is 4.38. The molecule has 1 N–H and O–H groups in total. The standard InChI is InChI=1S/C10H13ClN6S/c1-3-17(4-2)8-14-7(11)15-10(16-8)18-9-12-5-6-13-9/h5-6H,3-4H2,1-2H3,(H,12,13). The van der Waals surface area contributed by atoms with Crippen LogP contribution in [0.5, 0.6) is 0 Å². The lowest BCUT2D eigenvalue weighted by molar-refractivity contribution is 0.781. The summed E-state index contributed by atoms with van der Waals surface area (Å²) in [6, 6.07) is 0. The second-order valence-electron chi connectivity index (χ2n) is 3.36. The van der Waals surface area contributed by atoms with Crippen molar-refractivity contribution in [2.45, 2.75) is 24.2 Å². The predicted molar refractivity (Wildman–Crippen MR) is 71.1 cm³/mol. The molecule has 96 valence electrons. The van der Waals surface area contributed by atoms with Gasteiger partial charge in [0.2, 0.25) is 16.4 Å². The minimum atomic E-state index is 0.195. The Hall–Kier alpha value is -1.34. The molecule has 0 fully saturated rings. The van der Waals surface area contributed by atoms with Gasteiger partial charge in [0.15, 0.2) is 5.16 Å². The second kappa shape index (κ2) is 6.01. The number of aromatic amines is 1. The zero-order valence-corrected chi connectivity index (χ0v) is 11.7. The number of rotatable bonds is 5. The summed E-state index contributed by atoms with van der Waals surface area (Å²) in [4.78, 5) is 21.7. The Balaban J connectivity index is 2.26. The molecule has 0 bridgehead atoms. The van der Waals surface area contributed by atoms with Crippen LogP contribution in [0.1, 0.15) is 13.8 Å². The molecular formula is C10H13ClN6S. The van der Waals surface area contributed by atoms with Crippen LogP contribution in [0.4, 0.5) is 5.95 Å². The van der Waals surface area contributed by atoms with E-state index in [2.05, 4.69) is 24.9 Å². The van der Waals surface area contributed by atoms with Gasteiger partial charge in [-0.05, 0) is 37.2 Å². The normalized spacial score (nSPS) is 10.6. The third-order valence-corrected chi connectivity index (χ3v) is 3.23. The van der Waals surface area contributed by atoms with Crippen molar-refractivity contribution in [3.63, 3.8) is 0 Å². The lowest BCUT2D eigenvalue weighted by Gasteiger charge is -2.18. The number of hydrogen-bond donors (Lipinski definition) is 1. The van der Waals surface area contributed by atoms with Gasteiger partial charge in [-0.2, -0.15) is 15.0 Å². The number of aromatic nitrogens is 5. The van der Waals surface area contributed by atoms with Crippen LogP contribution in [0.3, 0.4) is 0 Å². The van der Waals surface area contributed by atoms with Crippen molar-refractivity contribution in [1.82, 2.24) is 24.9 Å². The first-order valence-electron chi connectivity index (χ1n) is 5.56. The van der Waals surface area contributed by atoms with Crippen molar-refractivity contribution in [3.8, 4) is 0 Å². The molecule has 0 saturated carbocycles. The first kappa shape index (κ1) is 13.1. The van der Waals surface area contributed by atoms with Crippen LogP contribution < -0.4 is 4.90 Å². The molecule has 2 rings (SSSR count). The van der Waals surface area contributed by atoms with Gasteiger partial charge in [-0.15, -0.1) is 0 Å². The fourth-order valence-corrected chi connectivity index (χ4v) is 2.29. The van der Waals surface area contributed by atoms with Crippen molar-refractivity contribution in [2.24, 2.45) is 0 Å². The summed E-state index contributed by atoms with van der Waals surface area (Å²) in [6.07, 6.45) is 3.42. The molecule has 2 aromatic heterocycles. The maximum atomic E-state index is 5.92. The fraction of sp³-hybridized carbons (Fsp3) is 0.400. The van der Waals surface area contributed by atoms with E-state index in [0.29, 0.717) is 11.1 Å².